The fourth-order valence-corrected chi connectivity index (χ4v) is 4.14. The molecule has 4 rings (SSSR count). The van der Waals surface area contributed by atoms with Crippen LogP contribution in [0.3, 0.4) is 0 Å². The van der Waals surface area contributed by atoms with Crippen LogP contribution in [0.5, 0.6) is 0 Å². The van der Waals surface area contributed by atoms with E-state index in [4.69, 9.17) is 14.6 Å². The van der Waals surface area contributed by atoms with Crippen LogP contribution in [-0.2, 0) is 9.53 Å². The molecule has 0 bridgehead atoms. The molecular weight excluding hydrogens is 437 g/mol. The van der Waals surface area contributed by atoms with Crippen molar-refractivity contribution in [2.24, 2.45) is 0 Å². The van der Waals surface area contributed by atoms with Crippen LogP contribution in [0.2, 0.25) is 0 Å². The van der Waals surface area contributed by atoms with Gasteiger partial charge in [-0.2, -0.15) is 13.2 Å². The number of carboxylic acid groups (broad SMARTS) is 1. The van der Waals surface area contributed by atoms with Crippen molar-refractivity contribution in [2.75, 3.05) is 37.7 Å². The van der Waals surface area contributed by atoms with Gasteiger partial charge in [-0.1, -0.05) is 6.07 Å². The van der Waals surface area contributed by atoms with Crippen LogP contribution in [0.15, 0.2) is 36.0 Å². The van der Waals surface area contributed by atoms with Crippen molar-refractivity contribution in [2.45, 2.75) is 24.6 Å². The number of piperidine rings is 1. The lowest BCUT2D eigenvalue weighted by Gasteiger charge is -2.47. The molecular formula is C19H21F3N4O4S. The number of nitrogens with zero attached hydrogens (tertiary/aromatic N) is 4. The molecule has 1 amide bonds. The van der Waals surface area contributed by atoms with Gasteiger partial charge in [-0.3, -0.25) is 4.79 Å². The highest BCUT2D eigenvalue weighted by Gasteiger charge is 2.41. The van der Waals surface area contributed by atoms with Crippen molar-refractivity contribution in [3.05, 3.63) is 40.8 Å². The maximum atomic E-state index is 12.6. The SMILES string of the molecule is O=C(O)C(F)(F)F.O=C(c1cccs1)N1CCOC2(CCN(c3ncccn3)CC2)C1. The molecule has 168 valence electrons. The number of amides is 1. The Morgan fingerprint density at radius 1 is 1.13 bits per heavy atom. The van der Waals surface area contributed by atoms with Crippen molar-refractivity contribution in [3.63, 3.8) is 0 Å². The fourth-order valence-electron chi connectivity index (χ4n) is 3.45. The number of morpholine rings is 1. The molecule has 2 aromatic heterocycles. The Kier molecular flexibility index (Phi) is 7.11. The quantitative estimate of drug-likeness (QED) is 0.739. The van der Waals surface area contributed by atoms with Gasteiger partial charge in [0.15, 0.2) is 0 Å². The molecule has 2 aliphatic rings. The van der Waals surface area contributed by atoms with Crippen LogP contribution in [0.25, 0.3) is 0 Å². The first-order chi connectivity index (χ1) is 14.7. The number of hydrogen-bond acceptors (Lipinski definition) is 7. The van der Waals surface area contributed by atoms with Gasteiger partial charge in [-0.05, 0) is 30.4 Å². The predicted molar refractivity (Wildman–Crippen MR) is 106 cm³/mol. The number of anilines is 1. The number of carbonyl (C=O) groups is 2. The third-order valence-electron chi connectivity index (χ3n) is 5.02. The summed E-state index contributed by atoms with van der Waals surface area (Å²) >= 11 is 1.50. The van der Waals surface area contributed by atoms with E-state index in [0.29, 0.717) is 19.7 Å². The number of hydrogen-bond donors (Lipinski definition) is 1. The number of aliphatic carboxylic acids is 1. The van der Waals surface area contributed by atoms with Crippen LogP contribution in [0.1, 0.15) is 22.5 Å². The predicted octanol–water partition coefficient (Wildman–Crippen LogP) is 2.68. The average molecular weight is 458 g/mol. The summed E-state index contributed by atoms with van der Waals surface area (Å²) in [6.45, 7) is 3.66. The molecule has 31 heavy (non-hydrogen) atoms. The van der Waals surface area contributed by atoms with Crippen molar-refractivity contribution in [1.29, 1.82) is 0 Å². The molecule has 2 fully saturated rings. The molecule has 1 spiro atoms. The van der Waals surface area contributed by atoms with Crippen LogP contribution in [-0.4, -0.2) is 76.4 Å². The minimum atomic E-state index is -5.08. The third kappa shape index (κ3) is 5.91. The zero-order valence-corrected chi connectivity index (χ0v) is 17.2. The van der Waals surface area contributed by atoms with Gasteiger partial charge in [0.05, 0.1) is 23.6 Å². The summed E-state index contributed by atoms with van der Waals surface area (Å²) in [6, 6.07) is 5.64. The molecule has 0 atom stereocenters. The van der Waals surface area contributed by atoms with Crippen LogP contribution in [0, 0.1) is 0 Å². The monoisotopic (exact) mass is 458 g/mol. The largest absolute Gasteiger partial charge is 0.490 e. The molecule has 0 saturated carbocycles. The van der Waals surface area contributed by atoms with E-state index in [1.54, 1.807) is 12.4 Å². The van der Waals surface area contributed by atoms with Crippen LogP contribution in [0.4, 0.5) is 19.1 Å². The highest BCUT2D eigenvalue weighted by Crippen LogP contribution is 2.32. The Bertz CT molecular complexity index is 872. The fraction of sp³-hybridized carbons (Fsp3) is 0.474. The lowest BCUT2D eigenvalue weighted by atomic mass is 9.89. The number of carbonyl (C=O) groups excluding carboxylic acids is 1. The summed E-state index contributed by atoms with van der Waals surface area (Å²) in [5, 5.41) is 9.07. The summed E-state index contributed by atoms with van der Waals surface area (Å²) in [4.78, 5) is 35.1. The number of carboxylic acids is 1. The van der Waals surface area contributed by atoms with E-state index in [9.17, 15) is 18.0 Å². The average Bonchev–Trinajstić information content (AvgIpc) is 3.29. The second kappa shape index (κ2) is 9.60. The third-order valence-corrected chi connectivity index (χ3v) is 5.88. The maximum absolute atomic E-state index is 12.6. The number of aromatic nitrogens is 2. The van der Waals surface area contributed by atoms with Gasteiger partial charge in [0.1, 0.15) is 0 Å². The van der Waals surface area contributed by atoms with Gasteiger partial charge in [0, 0.05) is 32.0 Å². The van der Waals surface area contributed by atoms with Gasteiger partial charge < -0.3 is 19.6 Å². The Labute approximate surface area is 180 Å². The number of halogens is 3. The molecule has 2 aliphatic heterocycles. The normalized spacial score (nSPS) is 18.3. The van der Waals surface area contributed by atoms with Crippen molar-refractivity contribution in [1.82, 2.24) is 14.9 Å². The Balaban J connectivity index is 0.000000339. The summed E-state index contributed by atoms with van der Waals surface area (Å²) in [5.74, 6) is -1.86. The first kappa shape index (κ1) is 22.9. The zero-order valence-electron chi connectivity index (χ0n) is 16.4. The molecule has 0 radical (unpaired) electrons. The molecule has 0 aromatic carbocycles. The number of rotatable bonds is 2. The summed E-state index contributed by atoms with van der Waals surface area (Å²) in [7, 11) is 0. The topological polar surface area (TPSA) is 95.9 Å². The Morgan fingerprint density at radius 3 is 2.32 bits per heavy atom. The molecule has 8 nitrogen and oxygen atoms in total. The van der Waals surface area contributed by atoms with E-state index in [0.717, 1.165) is 36.8 Å². The Hall–Kier alpha value is -2.73. The van der Waals surface area contributed by atoms with Gasteiger partial charge in [-0.15, -0.1) is 11.3 Å². The minimum Gasteiger partial charge on any atom is -0.475 e. The number of ether oxygens (including phenoxy) is 1. The van der Waals surface area contributed by atoms with Crippen LogP contribution < -0.4 is 4.90 Å². The first-order valence-corrected chi connectivity index (χ1v) is 10.4. The van der Waals surface area contributed by atoms with Gasteiger partial charge in [0.2, 0.25) is 5.95 Å². The van der Waals surface area contributed by atoms with Gasteiger partial charge in [-0.25, -0.2) is 14.8 Å². The molecule has 2 saturated heterocycles. The first-order valence-electron chi connectivity index (χ1n) is 9.49. The summed E-state index contributed by atoms with van der Waals surface area (Å²) in [5.41, 5.74) is -0.226. The molecule has 4 heterocycles. The van der Waals surface area contributed by atoms with Crippen molar-refractivity contribution in [3.8, 4) is 0 Å². The second-order valence-electron chi connectivity index (χ2n) is 7.07. The van der Waals surface area contributed by atoms with E-state index < -0.39 is 12.1 Å². The van der Waals surface area contributed by atoms with Gasteiger partial charge >= 0.3 is 12.1 Å². The van der Waals surface area contributed by atoms with Crippen LogP contribution >= 0.6 is 11.3 Å². The number of thiophene rings is 1. The van der Waals surface area contributed by atoms with Crippen molar-refractivity contribution < 1.29 is 32.6 Å². The van der Waals surface area contributed by atoms with Crippen molar-refractivity contribution >= 4 is 29.2 Å². The molecule has 0 unspecified atom stereocenters. The Morgan fingerprint density at radius 2 is 1.77 bits per heavy atom. The zero-order chi connectivity index (χ0) is 22.5. The number of alkyl halides is 3. The van der Waals surface area contributed by atoms with Gasteiger partial charge in [0.25, 0.3) is 5.91 Å². The summed E-state index contributed by atoms with van der Waals surface area (Å²) in [6.07, 6.45) is 0.232. The minimum absolute atomic E-state index is 0.126. The standard InChI is InChI=1S/C17H20N4O2S.C2HF3O2/c22-15(14-3-1-12-24-14)21-10-11-23-17(13-21)4-8-20(9-5-17)16-18-6-2-7-19-16;3-2(4,5)1(6)7/h1-3,6-7,12H,4-5,8-11,13H2;(H,6,7). The second-order valence-corrected chi connectivity index (χ2v) is 8.02. The smallest absolute Gasteiger partial charge is 0.475 e. The van der Waals surface area contributed by atoms with E-state index in [-0.39, 0.29) is 11.5 Å². The molecule has 2 aromatic rings. The van der Waals surface area contributed by atoms with E-state index in [1.165, 1.54) is 11.3 Å². The molecule has 1 N–H and O–H groups in total. The van der Waals surface area contributed by atoms with E-state index in [1.807, 2.05) is 28.5 Å². The van der Waals surface area contributed by atoms with E-state index in [2.05, 4.69) is 14.9 Å². The molecule has 12 heteroatoms. The maximum Gasteiger partial charge on any atom is 0.490 e. The van der Waals surface area contributed by atoms with E-state index >= 15 is 0 Å². The lowest BCUT2D eigenvalue weighted by molar-refractivity contribution is -0.192. The molecule has 0 aliphatic carbocycles. The lowest BCUT2D eigenvalue weighted by Crippen LogP contribution is -2.58. The highest BCUT2D eigenvalue weighted by molar-refractivity contribution is 7.12. The summed E-state index contributed by atoms with van der Waals surface area (Å²) < 4.78 is 37.9. The highest BCUT2D eigenvalue weighted by atomic mass is 32.1.